The van der Waals surface area contributed by atoms with Gasteiger partial charge < -0.3 is 21.5 Å². The van der Waals surface area contributed by atoms with Crippen LogP contribution >= 0.6 is 27.5 Å². The summed E-state index contributed by atoms with van der Waals surface area (Å²) in [6.07, 6.45) is -0.229. The third kappa shape index (κ3) is 6.01. The van der Waals surface area contributed by atoms with E-state index in [-0.39, 0.29) is 12.8 Å². The molecule has 0 saturated carbocycles. The van der Waals surface area contributed by atoms with E-state index in [0.717, 1.165) is 0 Å². The highest BCUT2D eigenvalue weighted by Gasteiger charge is 2.20. The van der Waals surface area contributed by atoms with Crippen molar-refractivity contribution in [2.24, 2.45) is 5.73 Å². The minimum Gasteiger partial charge on any atom is -0.480 e. The number of carboxylic acid groups (broad SMARTS) is 1. The minimum absolute atomic E-state index is 0.0885. The topological polar surface area (TPSA) is 122 Å². The molecule has 7 nitrogen and oxygen atoms in total. The number of halogens is 2. The summed E-state index contributed by atoms with van der Waals surface area (Å²) < 4.78 is 0.589. The molecule has 3 amide bonds. The Hall–Kier alpha value is -1.80. The van der Waals surface area contributed by atoms with Crippen LogP contribution in [0.2, 0.25) is 5.02 Å². The number of hydrogen-bond donors (Lipinski definition) is 4. The molecule has 0 aliphatic carbocycles. The lowest BCUT2D eigenvalue weighted by Crippen LogP contribution is -2.43. The van der Waals surface area contributed by atoms with Crippen LogP contribution < -0.4 is 16.4 Å². The molecule has 0 aromatic heterocycles. The average molecular weight is 379 g/mol. The predicted molar refractivity (Wildman–Crippen MR) is 81.2 cm³/mol. The Bertz CT molecular complexity index is 567. The molecule has 1 aromatic carbocycles. The number of primary amides is 1. The smallest absolute Gasteiger partial charge is 0.326 e. The van der Waals surface area contributed by atoms with Crippen molar-refractivity contribution in [3.63, 3.8) is 0 Å². The van der Waals surface area contributed by atoms with Gasteiger partial charge in [0.25, 0.3) is 0 Å². The first-order valence-electron chi connectivity index (χ1n) is 5.83. The number of carboxylic acids is 1. The number of nitrogens with two attached hydrogens (primary N) is 1. The van der Waals surface area contributed by atoms with E-state index in [2.05, 4.69) is 26.6 Å². The zero-order valence-corrected chi connectivity index (χ0v) is 13.1. The number of urea groups is 1. The van der Waals surface area contributed by atoms with Gasteiger partial charge >= 0.3 is 12.0 Å². The molecule has 0 saturated heterocycles. The lowest BCUT2D eigenvalue weighted by atomic mass is 10.1. The third-order valence-electron chi connectivity index (χ3n) is 2.46. The first-order chi connectivity index (χ1) is 9.79. The molecule has 1 rings (SSSR count). The molecule has 0 unspecified atom stereocenters. The van der Waals surface area contributed by atoms with Crippen LogP contribution in [0.25, 0.3) is 0 Å². The molecule has 21 heavy (non-hydrogen) atoms. The van der Waals surface area contributed by atoms with Crippen molar-refractivity contribution in [1.29, 1.82) is 0 Å². The van der Waals surface area contributed by atoms with Gasteiger partial charge in [0.2, 0.25) is 5.91 Å². The standard InChI is InChI=1S/C12H13BrClN3O4/c13-7-2-1-6(14)5-9(7)17-12(21)16-8(11(19)20)3-4-10(15)18/h1-2,5,8H,3-4H2,(H2,15,18)(H,19,20)(H2,16,17,21)/t8-/m1/s1. The fourth-order valence-corrected chi connectivity index (χ4v) is 1.97. The molecular weight excluding hydrogens is 366 g/mol. The Morgan fingerprint density at radius 1 is 1.38 bits per heavy atom. The molecule has 5 N–H and O–H groups in total. The number of hydrogen-bond acceptors (Lipinski definition) is 3. The van der Waals surface area contributed by atoms with E-state index >= 15 is 0 Å². The van der Waals surface area contributed by atoms with Gasteiger partial charge in [-0.3, -0.25) is 4.79 Å². The quantitative estimate of drug-likeness (QED) is 0.604. The predicted octanol–water partition coefficient (Wildman–Crippen LogP) is 1.94. The van der Waals surface area contributed by atoms with Crippen molar-refractivity contribution < 1.29 is 19.5 Å². The molecule has 0 aliphatic heterocycles. The van der Waals surface area contributed by atoms with Gasteiger partial charge in [0.15, 0.2) is 0 Å². The Morgan fingerprint density at radius 3 is 2.62 bits per heavy atom. The summed E-state index contributed by atoms with van der Waals surface area (Å²) in [4.78, 5) is 33.4. The highest BCUT2D eigenvalue weighted by Crippen LogP contribution is 2.25. The monoisotopic (exact) mass is 377 g/mol. The van der Waals surface area contributed by atoms with Crippen LogP contribution in [-0.2, 0) is 9.59 Å². The minimum atomic E-state index is -1.25. The van der Waals surface area contributed by atoms with Crippen molar-refractivity contribution in [2.75, 3.05) is 5.32 Å². The zero-order chi connectivity index (χ0) is 16.0. The lowest BCUT2D eigenvalue weighted by molar-refractivity contribution is -0.139. The van der Waals surface area contributed by atoms with Gasteiger partial charge in [-0.05, 0) is 40.5 Å². The van der Waals surface area contributed by atoms with E-state index in [1.807, 2.05) is 0 Å². The number of aliphatic carboxylic acids is 1. The Labute approximate surface area is 134 Å². The van der Waals surface area contributed by atoms with Gasteiger partial charge in [-0.25, -0.2) is 9.59 Å². The first kappa shape index (κ1) is 17.3. The first-order valence-corrected chi connectivity index (χ1v) is 7.00. The van der Waals surface area contributed by atoms with Gasteiger partial charge in [0.1, 0.15) is 6.04 Å². The molecule has 0 radical (unpaired) electrons. The number of benzene rings is 1. The summed E-state index contributed by atoms with van der Waals surface area (Å²) in [7, 11) is 0. The third-order valence-corrected chi connectivity index (χ3v) is 3.39. The molecule has 0 bridgehead atoms. The van der Waals surface area contributed by atoms with Crippen LogP contribution in [0.5, 0.6) is 0 Å². The van der Waals surface area contributed by atoms with Crippen molar-refractivity contribution >= 4 is 51.1 Å². The van der Waals surface area contributed by atoms with E-state index in [0.29, 0.717) is 15.2 Å². The fourth-order valence-electron chi connectivity index (χ4n) is 1.45. The van der Waals surface area contributed by atoms with Gasteiger partial charge in [-0.1, -0.05) is 11.6 Å². The summed E-state index contributed by atoms with van der Waals surface area (Å²) in [6.45, 7) is 0. The Balaban J connectivity index is 2.67. The Kier molecular flexibility index (Phi) is 6.44. The summed E-state index contributed by atoms with van der Waals surface area (Å²) in [5.41, 5.74) is 5.34. The van der Waals surface area contributed by atoms with E-state index in [9.17, 15) is 14.4 Å². The number of carbonyl (C=O) groups excluding carboxylic acids is 2. The molecule has 0 aliphatic rings. The second-order valence-corrected chi connectivity index (χ2v) is 5.41. The van der Waals surface area contributed by atoms with E-state index in [1.165, 1.54) is 6.07 Å². The molecule has 9 heteroatoms. The number of amides is 3. The number of nitrogens with one attached hydrogen (secondary N) is 2. The van der Waals surface area contributed by atoms with Crippen molar-refractivity contribution in [3.8, 4) is 0 Å². The molecule has 0 spiro atoms. The van der Waals surface area contributed by atoms with Crippen molar-refractivity contribution in [1.82, 2.24) is 5.32 Å². The largest absolute Gasteiger partial charge is 0.480 e. The second kappa shape index (κ2) is 7.84. The number of anilines is 1. The van der Waals surface area contributed by atoms with Crippen LogP contribution in [-0.4, -0.2) is 29.1 Å². The van der Waals surface area contributed by atoms with Gasteiger partial charge in [-0.2, -0.15) is 0 Å². The number of carbonyl (C=O) groups is 3. The van der Waals surface area contributed by atoms with Crippen LogP contribution in [0.3, 0.4) is 0 Å². The summed E-state index contributed by atoms with van der Waals surface area (Å²) >= 11 is 9.03. The van der Waals surface area contributed by atoms with Crippen LogP contribution in [0.4, 0.5) is 10.5 Å². The molecule has 1 atom stereocenters. The van der Waals surface area contributed by atoms with E-state index in [4.69, 9.17) is 22.4 Å². The fraction of sp³-hybridized carbons (Fsp3) is 0.250. The van der Waals surface area contributed by atoms with E-state index in [1.54, 1.807) is 12.1 Å². The maximum absolute atomic E-state index is 11.8. The molecule has 114 valence electrons. The van der Waals surface area contributed by atoms with Crippen molar-refractivity contribution in [3.05, 3.63) is 27.7 Å². The van der Waals surface area contributed by atoms with Gasteiger partial charge in [0, 0.05) is 15.9 Å². The summed E-state index contributed by atoms with van der Waals surface area (Å²) in [5.74, 6) is -1.89. The van der Waals surface area contributed by atoms with Gasteiger partial charge in [-0.15, -0.1) is 0 Å². The normalized spacial score (nSPS) is 11.5. The molecule has 1 aromatic rings. The van der Waals surface area contributed by atoms with Crippen molar-refractivity contribution in [2.45, 2.75) is 18.9 Å². The maximum Gasteiger partial charge on any atom is 0.326 e. The molecule has 0 fully saturated rings. The Morgan fingerprint density at radius 2 is 2.05 bits per heavy atom. The van der Waals surface area contributed by atoms with Crippen LogP contribution in [0, 0.1) is 0 Å². The molecule has 0 heterocycles. The summed E-state index contributed by atoms with van der Waals surface area (Å²) in [6, 6.07) is 2.83. The van der Waals surface area contributed by atoms with Crippen LogP contribution in [0.1, 0.15) is 12.8 Å². The zero-order valence-electron chi connectivity index (χ0n) is 10.7. The average Bonchev–Trinajstić information content (AvgIpc) is 2.38. The molecular formula is C12H13BrClN3O4. The maximum atomic E-state index is 11.8. The van der Waals surface area contributed by atoms with Gasteiger partial charge in [0.05, 0.1) is 5.69 Å². The highest BCUT2D eigenvalue weighted by molar-refractivity contribution is 9.10. The van der Waals surface area contributed by atoms with Crippen LogP contribution in [0.15, 0.2) is 22.7 Å². The van der Waals surface area contributed by atoms with E-state index < -0.39 is 23.9 Å². The lowest BCUT2D eigenvalue weighted by Gasteiger charge is -2.15. The SMILES string of the molecule is NC(=O)CC[C@@H](NC(=O)Nc1cc(Cl)ccc1Br)C(=O)O. The highest BCUT2D eigenvalue weighted by atomic mass is 79.9. The summed E-state index contributed by atoms with van der Waals surface area (Å²) in [5, 5.41) is 14.1. The second-order valence-electron chi connectivity index (χ2n) is 4.12. The number of rotatable bonds is 6.